The van der Waals surface area contributed by atoms with Crippen molar-refractivity contribution in [2.24, 2.45) is 0 Å². The van der Waals surface area contributed by atoms with Crippen molar-refractivity contribution in [3.8, 4) is 0 Å². The topological polar surface area (TPSA) is 86.8 Å². The summed E-state index contributed by atoms with van der Waals surface area (Å²) in [5, 5.41) is 3.50. The minimum atomic E-state index is -4.13. The number of hydrogen-bond donors (Lipinski definition) is 1. The van der Waals surface area contributed by atoms with Gasteiger partial charge in [-0.3, -0.25) is 13.9 Å². The summed E-state index contributed by atoms with van der Waals surface area (Å²) in [6.45, 7) is 3.18. The minimum absolute atomic E-state index is 0.0530. The molecule has 1 atom stereocenters. The quantitative estimate of drug-likeness (QED) is 0.332. The van der Waals surface area contributed by atoms with E-state index < -0.39 is 28.5 Å². The zero-order valence-corrected chi connectivity index (χ0v) is 24.5. The summed E-state index contributed by atoms with van der Waals surface area (Å²) in [6, 6.07) is 21.5. The van der Waals surface area contributed by atoms with Crippen LogP contribution in [0.3, 0.4) is 0 Å². The highest BCUT2D eigenvalue weighted by molar-refractivity contribution is 7.92. The van der Waals surface area contributed by atoms with Crippen LogP contribution in [0.25, 0.3) is 0 Å². The van der Waals surface area contributed by atoms with Gasteiger partial charge in [0.2, 0.25) is 11.8 Å². The van der Waals surface area contributed by atoms with E-state index in [0.717, 1.165) is 47.5 Å². The van der Waals surface area contributed by atoms with Crippen LogP contribution in [0.4, 0.5) is 5.69 Å². The number of amides is 2. The van der Waals surface area contributed by atoms with Gasteiger partial charge in [-0.15, -0.1) is 0 Å². The summed E-state index contributed by atoms with van der Waals surface area (Å²) in [5.74, 6) is -0.738. The Morgan fingerprint density at radius 1 is 0.950 bits per heavy atom. The monoisotopic (exact) mass is 581 g/mol. The molecule has 40 heavy (non-hydrogen) atoms. The molecule has 3 aromatic rings. The number of rotatable bonds is 10. The maximum absolute atomic E-state index is 14.0. The first-order chi connectivity index (χ1) is 19.2. The fourth-order valence-corrected chi connectivity index (χ4v) is 6.52. The molecule has 212 valence electrons. The maximum Gasteiger partial charge on any atom is 0.264 e. The Bertz CT molecular complexity index is 1410. The number of nitrogens with zero attached hydrogens (tertiary/aromatic N) is 2. The zero-order valence-electron chi connectivity index (χ0n) is 22.9. The predicted molar refractivity (Wildman–Crippen MR) is 159 cm³/mol. The van der Waals surface area contributed by atoms with E-state index in [1.54, 1.807) is 43.3 Å². The van der Waals surface area contributed by atoms with E-state index >= 15 is 0 Å². The number of sulfonamides is 1. The first-order valence-electron chi connectivity index (χ1n) is 13.6. The van der Waals surface area contributed by atoms with E-state index in [1.807, 2.05) is 37.3 Å². The Morgan fingerprint density at radius 3 is 2.20 bits per heavy atom. The average Bonchev–Trinajstić information content (AvgIpc) is 2.97. The number of nitrogens with one attached hydrogen (secondary N) is 1. The van der Waals surface area contributed by atoms with Crippen molar-refractivity contribution >= 4 is 39.1 Å². The predicted octanol–water partition coefficient (Wildman–Crippen LogP) is 5.71. The third-order valence-corrected chi connectivity index (χ3v) is 9.56. The van der Waals surface area contributed by atoms with Gasteiger partial charge in [0.25, 0.3) is 10.0 Å². The largest absolute Gasteiger partial charge is 0.352 e. The van der Waals surface area contributed by atoms with Crippen molar-refractivity contribution in [1.82, 2.24) is 10.2 Å². The third-order valence-electron chi connectivity index (χ3n) is 7.37. The Hall–Kier alpha value is -3.36. The molecule has 1 aliphatic rings. The van der Waals surface area contributed by atoms with Gasteiger partial charge in [0.05, 0.1) is 10.6 Å². The molecule has 0 unspecified atom stereocenters. The number of halogens is 1. The van der Waals surface area contributed by atoms with Crippen LogP contribution in [0.1, 0.15) is 50.2 Å². The number of carbonyl (C=O) groups excluding carboxylic acids is 2. The Kier molecular flexibility index (Phi) is 9.87. The van der Waals surface area contributed by atoms with E-state index in [2.05, 4.69) is 5.32 Å². The third kappa shape index (κ3) is 7.23. The molecule has 3 aromatic carbocycles. The molecule has 0 aliphatic heterocycles. The average molecular weight is 582 g/mol. The second-order valence-corrected chi connectivity index (χ2v) is 12.6. The molecule has 4 rings (SSSR count). The first-order valence-corrected chi connectivity index (χ1v) is 15.5. The van der Waals surface area contributed by atoms with Crippen molar-refractivity contribution in [1.29, 1.82) is 0 Å². The van der Waals surface area contributed by atoms with Crippen molar-refractivity contribution in [3.63, 3.8) is 0 Å². The van der Waals surface area contributed by atoms with Gasteiger partial charge in [-0.25, -0.2) is 8.42 Å². The van der Waals surface area contributed by atoms with Gasteiger partial charge in [0.15, 0.2) is 0 Å². The highest BCUT2D eigenvalue weighted by Gasteiger charge is 2.33. The molecule has 0 radical (unpaired) electrons. The SMILES string of the molecule is Cc1ccc(N(CC(=O)N(Cc2ccccc2)[C@H](C)C(=O)NC2CCCCC2)S(=O)(=O)c2ccccc2)cc1Cl. The van der Waals surface area contributed by atoms with Crippen LogP contribution in [-0.2, 0) is 26.2 Å². The lowest BCUT2D eigenvalue weighted by atomic mass is 9.95. The number of aryl methyl sites for hydroxylation is 1. The molecule has 7 nitrogen and oxygen atoms in total. The molecule has 0 heterocycles. The summed E-state index contributed by atoms with van der Waals surface area (Å²) in [7, 11) is -4.13. The molecule has 0 aromatic heterocycles. The van der Waals surface area contributed by atoms with Gasteiger partial charge in [-0.05, 0) is 62.1 Å². The number of carbonyl (C=O) groups is 2. The fraction of sp³-hybridized carbons (Fsp3) is 0.355. The van der Waals surface area contributed by atoms with Crippen LogP contribution in [0.5, 0.6) is 0 Å². The van der Waals surface area contributed by atoms with E-state index in [0.29, 0.717) is 5.02 Å². The Morgan fingerprint density at radius 2 is 1.57 bits per heavy atom. The summed E-state index contributed by atoms with van der Waals surface area (Å²) in [5.41, 5.74) is 1.89. The Labute approximate surface area is 242 Å². The van der Waals surface area contributed by atoms with Crippen molar-refractivity contribution in [2.45, 2.75) is 69.5 Å². The van der Waals surface area contributed by atoms with E-state index in [1.165, 1.54) is 17.0 Å². The molecule has 0 spiro atoms. The van der Waals surface area contributed by atoms with Crippen molar-refractivity contribution in [3.05, 3.63) is 95.0 Å². The van der Waals surface area contributed by atoms with Gasteiger partial charge in [-0.1, -0.05) is 85.5 Å². The fourth-order valence-electron chi connectivity index (χ4n) is 4.92. The van der Waals surface area contributed by atoms with Crippen LogP contribution >= 0.6 is 11.6 Å². The summed E-state index contributed by atoms with van der Waals surface area (Å²) < 4.78 is 28.8. The van der Waals surface area contributed by atoms with E-state index in [-0.39, 0.29) is 29.1 Å². The van der Waals surface area contributed by atoms with Crippen LogP contribution < -0.4 is 9.62 Å². The minimum Gasteiger partial charge on any atom is -0.352 e. The standard InChI is InChI=1S/C31H36ClN3O4S/c1-23-18-19-27(20-29(23)32)35(40(38,39)28-16-10-5-11-17-28)22-30(36)34(21-25-12-6-3-7-13-25)24(2)31(37)33-26-14-8-4-9-15-26/h3,5-7,10-13,16-20,24,26H,4,8-9,14-15,21-22H2,1-2H3,(H,33,37)/t24-/m1/s1. The molecule has 1 saturated carbocycles. The van der Waals surface area contributed by atoms with Gasteiger partial charge < -0.3 is 10.2 Å². The molecule has 1 fully saturated rings. The first kappa shape index (κ1) is 29.6. The van der Waals surface area contributed by atoms with E-state index in [9.17, 15) is 18.0 Å². The number of hydrogen-bond acceptors (Lipinski definition) is 4. The second kappa shape index (κ2) is 13.3. The molecular weight excluding hydrogens is 546 g/mol. The molecule has 2 amide bonds. The lowest BCUT2D eigenvalue weighted by molar-refractivity contribution is -0.139. The number of anilines is 1. The lowest BCUT2D eigenvalue weighted by Gasteiger charge is -2.33. The van der Waals surface area contributed by atoms with Gasteiger partial charge in [0.1, 0.15) is 12.6 Å². The number of benzene rings is 3. The van der Waals surface area contributed by atoms with Crippen LogP contribution in [0, 0.1) is 6.92 Å². The molecule has 1 aliphatic carbocycles. The Balaban J connectivity index is 1.67. The molecule has 1 N–H and O–H groups in total. The molecule has 0 bridgehead atoms. The van der Waals surface area contributed by atoms with Crippen LogP contribution in [0.15, 0.2) is 83.8 Å². The van der Waals surface area contributed by atoms with Gasteiger partial charge in [-0.2, -0.15) is 0 Å². The summed E-state index contributed by atoms with van der Waals surface area (Å²) >= 11 is 6.38. The van der Waals surface area contributed by atoms with Gasteiger partial charge >= 0.3 is 0 Å². The molecular formula is C31H36ClN3O4S. The molecule has 9 heteroatoms. The maximum atomic E-state index is 14.0. The van der Waals surface area contributed by atoms with Crippen molar-refractivity contribution < 1.29 is 18.0 Å². The molecule has 0 saturated heterocycles. The second-order valence-electron chi connectivity index (χ2n) is 10.3. The highest BCUT2D eigenvalue weighted by atomic mass is 35.5. The highest BCUT2D eigenvalue weighted by Crippen LogP contribution is 2.28. The van der Waals surface area contributed by atoms with Crippen LogP contribution in [-0.4, -0.2) is 43.8 Å². The zero-order chi connectivity index (χ0) is 28.7. The summed E-state index contributed by atoms with van der Waals surface area (Å²) in [4.78, 5) is 28.9. The lowest BCUT2D eigenvalue weighted by Crippen LogP contribution is -2.53. The summed E-state index contributed by atoms with van der Waals surface area (Å²) in [6.07, 6.45) is 5.13. The van der Waals surface area contributed by atoms with Crippen LogP contribution in [0.2, 0.25) is 5.02 Å². The van der Waals surface area contributed by atoms with E-state index in [4.69, 9.17) is 11.6 Å². The smallest absolute Gasteiger partial charge is 0.264 e. The van der Waals surface area contributed by atoms with Gasteiger partial charge in [0, 0.05) is 17.6 Å². The normalized spacial score (nSPS) is 14.8. The van der Waals surface area contributed by atoms with Crippen molar-refractivity contribution in [2.75, 3.05) is 10.8 Å².